The van der Waals surface area contributed by atoms with Gasteiger partial charge in [0, 0.05) is 38.6 Å². The number of nitrogens with zero attached hydrogens (tertiary/aromatic N) is 1. The maximum absolute atomic E-state index is 5.65. The molecular formula is C17H30IN3O2. The van der Waals surface area contributed by atoms with Crippen LogP contribution in [0.2, 0.25) is 0 Å². The molecule has 6 heteroatoms. The van der Waals surface area contributed by atoms with E-state index in [1.807, 2.05) is 26.3 Å². The van der Waals surface area contributed by atoms with Crippen molar-refractivity contribution in [2.75, 3.05) is 20.7 Å². The van der Waals surface area contributed by atoms with Gasteiger partial charge in [-0.2, -0.15) is 0 Å². The molecular weight excluding hydrogens is 405 g/mol. The largest absolute Gasteiger partial charge is 0.469 e. The summed E-state index contributed by atoms with van der Waals surface area (Å²) >= 11 is 0. The van der Waals surface area contributed by atoms with Crippen LogP contribution in [0.4, 0.5) is 0 Å². The van der Waals surface area contributed by atoms with E-state index in [-0.39, 0.29) is 29.4 Å². The van der Waals surface area contributed by atoms with E-state index in [0.29, 0.717) is 12.1 Å². The molecule has 132 valence electrons. The molecule has 0 bridgehead atoms. The second-order valence-electron chi connectivity index (χ2n) is 5.93. The molecule has 0 radical (unpaired) electrons. The molecule has 5 nitrogen and oxygen atoms in total. The van der Waals surface area contributed by atoms with Gasteiger partial charge in [-0.15, -0.1) is 24.0 Å². The van der Waals surface area contributed by atoms with E-state index >= 15 is 0 Å². The third-order valence-electron chi connectivity index (χ3n) is 5.16. The highest BCUT2D eigenvalue weighted by atomic mass is 127. The Bertz CT molecular complexity index is 472. The summed E-state index contributed by atoms with van der Waals surface area (Å²) in [6, 6.07) is 4.33. The first-order valence-corrected chi connectivity index (χ1v) is 8.22. The molecule has 2 atom stereocenters. The number of aliphatic imine (C=N–C) groups is 1. The van der Waals surface area contributed by atoms with E-state index in [1.54, 1.807) is 6.26 Å². The average Bonchev–Trinajstić information content (AvgIpc) is 3.04. The van der Waals surface area contributed by atoms with Crippen molar-refractivity contribution in [3.63, 3.8) is 0 Å². The summed E-state index contributed by atoms with van der Waals surface area (Å²) in [7, 11) is 3.63. The Morgan fingerprint density at radius 3 is 2.70 bits per heavy atom. The third-order valence-corrected chi connectivity index (χ3v) is 5.16. The van der Waals surface area contributed by atoms with Gasteiger partial charge in [0.1, 0.15) is 5.76 Å². The smallest absolute Gasteiger partial charge is 0.191 e. The van der Waals surface area contributed by atoms with Gasteiger partial charge in [-0.1, -0.05) is 13.8 Å². The van der Waals surface area contributed by atoms with Gasteiger partial charge < -0.3 is 19.8 Å². The first-order chi connectivity index (χ1) is 10.7. The molecule has 1 aromatic rings. The van der Waals surface area contributed by atoms with Crippen LogP contribution < -0.4 is 10.6 Å². The van der Waals surface area contributed by atoms with Crippen LogP contribution in [0, 0.1) is 5.41 Å². The van der Waals surface area contributed by atoms with Gasteiger partial charge in [-0.05, 0) is 31.4 Å². The molecule has 1 heterocycles. The topological polar surface area (TPSA) is 58.8 Å². The van der Waals surface area contributed by atoms with Crippen molar-refractivity contribution < 1.29 is 9.15 Å². The van der Waals surface area contributed by atoms with Crippen LogP contribution in [0.15, 0.2) is 27.8 Å². The number of guanidine groups is 1. The fourth-order valence-electron chi connectivity index (χ4n) is 3.60. The summed E-state index contributed by atoms with van der Waals surface area (Å²) in [5.41, 5.74) is 0.216. The monoisotopic (exact) mass is 435 g/mol. The molecule has 0 aromatic carbocycles. The molecule has 1 aromatic heterocycles. The highest BCUT2D eigenvalue weighted by Gasteiger charge is 2.53. The van der Waals surface area contributed by atoms with Crippen molar-refractivity contribution >= 4 is 29.9 Å². The average molecular weight is 435 g/mol. The van der Waals surface area contributed by atoms with Crippen molar-refractivity contribution in [3.05, 3.63) is 24.2 Å². The molecule has 1 aliphatic carbocycles. The lowest BCUT2D eigenvalue weighted by Gasteiger charge is -2.55. The molecule has 0 aliphatic heterocycles. The summed E-state index contributed by atoms with van der Waals surface area (Å²) in [5.74, 6) is 1.85. The van der Waals surface area contributed by atoms with E-state index in [0.717, 1.165) is 43.9 Å². The summed E-state index contributed by atoms with van der Waals surface area (Å²) in [5, 5.41) is 6.93. The fraction of sp³-hybridized carbons (Fsp3) is 0.706. The van der Waals surface area contributed by atoms with Crippen LogP contribution in [0.25, 0.3) is 0 Å². The predicted octanol–water partition coefficient (Wildman–Crippen LogP) is 3.20. The Morgan fingerprint density at radius 2 is 2.17 bits per heavy atom. The molecule has 0 spiro atoms. The number of rotatable bonds is 7. The summed E-state index contributed by atoms with van der Waals surface area (Å²) < 4.78 is 11.0. The lowest BCUT2D eigenvalue weighted by atomic mass is 9.58. The molecule has 2 N–H and O–H groups in total. The van der Waals surface area contributed by atoms with Crippen molar-refractivity contribution in [1.82, 2.24) is 10.6 Å². The van der Waals surface area contributed by atoms with Gasteiger partial charge in [0.15, 0.2) is 5.96 Å². The van der Waals surface area contributed by atoms with Crippen molar-refractivity contribution in [2.24, 2.45) is 10.4 Å². The maximum atomic E-state index is 5.65. The quantitative estimate of drug-likeness (QED) is 0.393. The number of hydrogen-bond donors (Lipinski definition) is 2. The molecule has 2 rings (SSSR count). The molecule has 1 aliphatic rings. The van der Waals surface area contributed by atoms with E-state index in [1.165, 1.54) is 0 Å². The van der Waals surface area contributed by atoms with Crippen LogP contribution in [-0.2, 0) is 11.2 Å². The summed E-state index contributed by atoms with van der Waals surface area (Å²) in [4.78, 5) is 4.34. The van der Waals surface area contributed by atoms with Crippen LogP contribution in [0.5, 0.6) is 0 Å². The van der Waals surface area contributed by atoms with Crippen LogP contribution in [0.3, 0.4) is 0 Å². The lowest BCUT2D eigenvalue weighted by molar-refractivity contribution is -0.118. The van der Waals surface area contributed by atoms with Gasteiger partial charge in [0.2, 0.25) is 0 Å². The van der Waals surface area contributed by atoms with Crippen LogP contribution >= 0.6 is 24.0 Å². The Hall–Kier alpha value is -0.760. The van der Waals surface area contributed by atoms with Gasteiger partial charge in [-0.25, -0.2) is 0 Å². The van der Waals surface area contributed by atoms with Crippen molar-refractivity contribution in [2.45, 2.75) is 51.7 Å². The van der Waals surface area contributed by atoms with Gasteiger partial charge in [-0.3, -0.25) is 4.99 Å². The number of hydrogen-bond acceptors (Lipinski definition) is 3. The van der Waals surface area contributed by atoms with E-state index in [4.69, 9.17) is 9.15 Å². The van der Waals surface area contributed by atoms with Crippen LogP contribution in [-0.4, -0.2) is 38.8 Å². The van der Waals surface area contributed by atoms with Gasteiger partial charge in [0.05, 0.1) is 12.4 Å². The Balaban J connectivity index is 0.00000264. The molecule has 0 amide bonds. The van der Waals surface area contributed by atoms with E-state index in [2.05, 4.69) is 29.5 Å². The summed E-state index contributed by atoms with van der Waals surface area (Å²) in [6.07, 6.45) is 6.18. The normalized spacial score (nSPS) is 22.9. The molecule has 0 saturated heterocycles. The molecule has 1 fully saturated rings. The Kier molecular flexibility index (Phi) is 8.39. The molecule has 2 unspecified atom stereocenters. The van der Waals surface area contributed by atoms with Gasteiger partial charge >= 0.3 is 0 Å². The highest BCUT2D eigenvalue weighted by molar-refractivity contribution is 14.0. The van der Waals surface area contributed by atoms with Gasteiger partial charge in [0.25, 0.3) is 0 Å². The number of methoxy groups -OCH3 is 1. The van der Waals surface area contributed by atoms with E-state index in [9.17, 15) is 0 Å². The zero-order valence-corrected chi connectivity index (χ0v) is 16.9. The van der Waals surface area contributed by atoms with Crippen molar-refractivity contribution in [1.29, 1.82) is 0 Å². The minimum Gasteiger partial charge on any atom is -0.469 e. The zero-order chi connectivity index (χ0) is 16.0. The van der Waals surface area contributed by atoms with Crippen molar-refractivity contribution in [3.8, 4) is 0 Å². The SMILES string of the molecule is CCC1(CC)C(NC(=NC)NCCc2ccco2)CC1OC.I. The number of halogens is 1. The second kappa shape index (κ2) is 9.52. The molecule has 23 heavy (non-hydrogen) atoms. The fourth-order valence-corrected chi connectivity index (χ4v) is 3.60. The van der Waals surface area contributed by atoms with E-state index < -0.39 is 0 Å². The first kappa shape index (κ1) is 20.3. The number of ether oxygens (including phenoxy) is 1. The minimum absolute atomic E-state index is 0. The standard InChI is InChI=1S/C17H29N3O2.HI/c1-5-17(6-2)14(12-15(17)21-4)20-16(18-3)19-10-9-13-8-7-11-22-13;/h7-8,11,14-15H,5-6,9-10,12H2,1-4H3,(H2,18,19,20);1H. The predicted molar refractivity (Wildman–Crippen MR) is 105 cm³/mol. The highest BCUT2D eigenvalue weighted by Crippen LogP contribution is 2.48. The number of furan rings is 1. The lowest BCUT2D eigenvalue weighted by Crippen LogP contribution is -2.65. The maximum Gasteiger partial charge on any atom is 0.191 e. The first-order valence-electron chi connectivity index (χ1n) is 8.22. The Morgan fingerprint density at radius 1 is 1.43 bits per heavy atom. The summed E-state index contributed by atoms with van der Waals surface area (Å²) in [6.45, 7) is 5.30. The third kappa shape index (κ3) is 4.41. The van der Waals surface area contributed by atoms with Crippen LogP contribution in [0.1, 0.15) is 38.9 Å². The minimum atomic E-state index is 0. The number of nitrogens with one attached hydrogen (secondary N) is 2. The Labute approximate surface area is 156 Å². The zero-order valence-electron chi connectivity index (χ0n) is 14.6. The second-order valence-corrected chi connectivity index (χ2v) is 5.93. The molecule has 1 saturated carbocycles.